The Morgan fingerprint density at radius 3 is 2.39 bits per heavy atom. The Labute approximate surface area is 217 Å². The van der Waals surface area contributed by atoms with E-state index in [-0.39, 0.29) is 16.5 Å². The van der Waals surface area contributed by atoms with Gasteiger partial charge in [-0.15, -0.1) is 0 Å². The summed E-state index contributed by atoms with van der Waals surface area (Å²) >= 11 is 12.9. The molecule has 0 atom stereocenters. The van der Waals surface area contributed by atoms with Crippen molar-refractivity contribution in [3.05, 3.63) is 118 Å². The van der Waals surface area contributed by atoms with Gasteiger partial charge in [-0.05, 0) is 55.0 Å². The maximum atomic E-state index is 13.8. The maximum Gasteiger partial charge on any atom is 0.305 e. The number of rotatable bonds is 6. The number of hydrogen-bond donors (Lipinski definition) is 0. The molecule has 0 fully saturated rings. The molecular formula is C28H20Cl2N4O2. The molecule has 0 spiro atoms. The molecule has 0 aliphatic carbocycles. The molecule has 0 aliphatic rings. The summed E-state index contributed by atoms with van der Waals surface area (Å²) in [5.41, 5.74) is 3.32. The molecule has 0 bridgehead atoms. The predicted octanol–water partition coefficient (Wildman–Crippen LogP) is 6.64. The summed E-state index contributed by atoms with van der Waals surface area (Å²) in [5, 5.41) is 1.44. The van der Waals surface area contributed by atoms with Gasteiger partial charge in [0.15, 0.2) is 0 Å². The summed E-state index contributed by atoms with van der Waals surface area (Å²) in [4.78, 5) is 37.0. The zero-order valence-corrected chi connectivity index (χ0v) is 20.7. The Bertz CT molecular complexity index is 1530. The molecule has 6 nitrogen and oxygen atoms in total. The highest BCUT2D eigenvalue weighted by molar-refractivity contribution is 6.53. The first kappa shape index (κ1) is 23.7. The molecule has 0 aliphatic heterocycles. The SMILES string of the molecule is Cc1ccc2c(c1)c(C(=O)C(=O)N(c1ccccc1)c1ccncn1)c(Cl)n2Cc1ccc(Cl)cc1. The minimum atomic E-state index is -0.770. The van der Waals surface area contributed by atoms with E-state index in [1.807, 2.05) is 47.9 Å². The van der Waals surface area contributed by atoms with Crippen LogP contribution in [-0.4, -0.2) is 26.2 Å². The smallest absolute Gasteiger partial charge is 0.305 e. The number of aromatic nitrogens is 3. The lowest BCUT2D eigenvalue weighted by Gasteiger charge is -2.20. The predicted molar refractivity (Wildman–Crippen MR) is 142 cm³/mol. The van der Waals surface area contributed by atoms with Crippen LogP contribution in [0.5, 0.6) is 0 Å². The van der Waals surface area contributed by atoms with E-state index < -0.39 is 11.7 Å². The number of fused-ring (bicyclic) bond motifs is 1. The lowest BCUT2D eigenvalue weighted by Crippen LogP contribution is -2.33. The van der Waals surface area contributed by atoms with E-state index in [1.54, 1.807) is 42.5 Å². The lowest BCUT2D eigenvalue weighted by atomic mass is 10.1. The fourth-order valence-corrected chi connectivity index (χ4v) is 4.60. The maximum absolute atomic E-state index is 13.8. The molecule has 0 saturated heterocycles. The van der Waals surface area contributed by atoms with E-state index in [0.717, 1.165) is 16.6 Å². The summed E-state index contributed by atoms with van der Waals surface area (Å²) < 4.78 is 1.83. The largest absolute Gasteiger partial charge is 0.327 e. The van der Waals surface area contributed by atoms with E-state index >= 15 is 0 Å². The number of ketones is 1. The summed E-state index contributed by atoms with van der Waals surface area (Å²) in [7, 11) is 0. The highest BCUT2D eigenvalue weighted by atomic mass is 35.5. The van der Waals surface area contributed by atoms with E-state index in [9.17, 15) is 9.59 Å². The Morgan fingerprint density at radius 1 is 0.944 bits per heavy atom. The normalized spacial score (nSPS) is 11.0. The second kappa shape index (κ2) is 9.93. The molecule has 8 heteroatoms. The number of Topliss-reactive ketones (excluding diaryl/α,β-unsaturated/α-hetero) is 1. The van der Waals surface area contributed by atoms with Crippen LogP contribution in [0.15, 0.2) is 91.4 Å². The van der Waals surface area contributed by atoms with Crippen molar-refractivity contribution in [2.45, 2.75) is 13.5 Å². The van der Waals surface area contributed by atoms with Gasteiger partial charge in [0.05, 0.1) is 16.8 Å². The fourth-order valence-electron chi connectivity index (χ4n) is 4.14. The number of halogens is 2. The summed E-state index contributed by atoms with van der Waals surface area (Å²) in [6, 6.07) is 23.6. The highest BCUT2D eigenvalue weighted by Crippen LogP contribution is 2.34. The molecule has 36 heavy (non-hydrogen) atoms. The van der Waals surface area contributed by atoms with Gasteiger partial charge in [0.2, 0.25) is 0 Å². The van der Waals surface area contributed by atoms with Crippen LogP contribution in [0.2, 0.25) is 10.2 Å². The number of aryl methyl sites for hydroxylation is 1. The van der Waals surface area contributed by atoms with Crippen molar-refractivity contribution in [3.8, 4) is 0 Å². The number of carbonyl (C=O) groups excluding carboxylic acids is 2. The number of nitrogens with zero attached hydrogens (tertiary/aromatic N) is 4. The second-order valence-electron chi connectivity index (χ2n) is 8.27. The van der Waals surface area contributed by atoms with Gasteiger partial charge < -0.3 is 4.57 Å². The minimum absolute atomic E-state index is 0.157. The quantitative estimate of drug-likeness (QED) is 0.188. The van der Waals surface area contributed by atoms with Gasteiger partial charge in [0.1, 0.15) is 17.3 Å². The number of hydrogen-bond acceptors (Lipinski definition) is 4. The monoisotopic (exact) mass is 514 g/mol. The van der Waals surface area contributed by atoms with Crippen molar-refractivity contribution in [2.75, 3.05) is 4.90 Å². The van der Waals surface area contributed by atoms with Crippen molar-refractivity contribution < 1.29 is 9.59 Å². The van der Waals surface area contributed by atoms with E-state index in [0.29, 0.717) is 22.6 Å². The van der Waals surface area contributed by atoms with Gasteiger partial charge in [0.25, 0.3) is 5.78 Å². The number of amides is 1. The fraction of sp³-hybridized carbons (Fsp3) is 0.0714. The molecule has 0 saturated carbocycles. The third-order valence-electron chi connectivity index (χ3n) is 5.84. The Kier molecular flexibility index (Phi) is 6.55. The van der Waals surface area contributed by atoms with Crippen molar-refractivity contribution in [2.24, 2.45) is 0 Å². The van der Waals surface area contributed by atoms with Gasteiger partial charge in [-0.25, -0.2) is 9.97 Å². The number of anilines is 2. The van der Waals surface area contributed by atoms with Crippen LogP contribution in [0.3, 0.4) is 0 Å². The van der Waals surface area contributed by atoms with Crippen LogP contribution in [0.1, 0.15) is 21.5 Å². The minimum Gasteiger partial charge on any atom is -0.327 e. The van der Waals surface area contributed by atoms with Gasteiger partial charge in [-0.1, -0.05) is 65.2 Å². The van der Waals surface area contributed by atoms with E-state index in [1.165, 1.54) is 17.4 Å². The average Bonchev–Trinajstić information content (AvgIpc) is 3.16. The zero-order valence-electron chi connectivity index (χ0n) is 19.2. The molecule has 0 radical (unpaired) electrons. The van der Waals surface area contributed by atoms with E-state index in [2.05, 4.69) is 9.97 Å². The molecule has 2 aromatic heterocycles. The van der Waals surface area contributed by atoms with Crippen LogP contribution in [0, 0.1) is 6.92 Å². The number of carbonyl (C=O) groups is 2. The van der Waals surface area contributed by atoms with Crippen LogP contribution < -0.4 is 4.90 Å². The van der Waals surface area contributed by atoms with Crippen molar-refractivity contribution in [3.63, 3.8) is 0 Å². The Balaban J connectivity index is 1.63. The van der Waals surface area contributed by atoms with Crippen LogP contribution >= 0.6 is 23.2 Å². The molecule has 2 heterocycles. The third-order valence-corrected chi connectivity index (χ3v) is 6.49. The molecule has 0 unspecified atom stereocenters. The summed E-state index contributed by atoms with van der Waals surface area (Å²) in [6.07, 6.45) is 2.85. The first-order valence-electron chi connectivity index (χ1n) is 11.2. The third kappa shape index (κ3) is 4.49. The molecular weight excluding hydrogens is 495 g/mol. The van der Waals surface area contributed by atoms with Gasteiger partial charge in [-0.2, -0.15) is 0 Å². The van der Waals surface area contributed by atoms with Crippen molar-refractivity contribution in [1.82, 2.24) is 14.5 Å². The Hall–Kier alpha value is -4.00. The molecule has 0 N–H and O–H groups in total. The van der Waals surface area contributed by atoms with Crippen molar-refractivity contribution in [1.29, 1.82) is 0 Å². The molecule has 5 aromatic rings. The van der Waals surface area contributed by atoms with Gasteiger partial charge in [-0.3, -0.25) is 14.5 Å². The van der Waals surface area contributed by atoms with Gasteiger partial charge >= 0.3 is 5.91 Å². The van der Waals surface area contributed by atoms with Crippen molar-refractivity contribution >= 4 is 57.3 Å². The average molecular weight is 515 g/mol. The van der Waals surface area contributed by atoms with Gasteiger partial charge in [0, 0.05) is 23.2 Å². The molecule has 1 amide bonds. The van der Waals surface area contributed by atoms with Crippen LogP contribution in [0.25, 0.3) is 10.9 Å². The molecule has 178 valence electrons. The molecule has 3 aromatic carbocycles. The first-order chi connectivity index (χ1) is 17.4. The number of para-hydroxylation sites is 1. The van der Waals surface area contributed by atoms with E-state index in [4.69, 9.17) is 23.2 Å². The standard InChI is InChI=1S/C28H20Cl2N4O2/c1-18-7-12-23-22(15-18)25(27(30)33(23)16-19-8-10-20(29)11-9-19)26(35)28(36)34(21-5-3-2-4-6-21)24-13-14-31-17-32-24/h2-15,17H,16H2,1H3. The lowest BCUT2D eigenvalue weighted by molar-refractivity contribution is -0.114. The zero-order chi connectivity index (χ0) is 25.2. The topological polar surface area (TPSA) is 68.1 Å². The van der Waals surface area contributed by atoms with Crippen LogP contribution in [-0.2, 0) is 11.3 Å². The van der Waals surface area contributed by atoms with Crippen LogP contribution in [0.4, 0.5) is 11.5 Å². The summed E-state index contributed by atoms with van der Waals surface area (Å²) in [5.74, 6) is -1.21. The summed E-state index contributed by atoms with van der Waals surface area (Å²) in [6.45, 7) is 2.34. The number of benzene rings is 3. The molecule has 5 rings (SSSR count). The Morgan fingerprint density at radius 2 is 1.69 bits per heavy atom. The first-order valence-corrected chi connectivity index (χ1v) is 11.9. The highest BCUT2D eigenvalue weighted by Gasteiger charge is 2.32. The second-order valence-corrected chi connectivity index (χ2v) is 9.07.